The standard InChI is InChI=1S/C22H17N3O5/c1-2-29-19-8-4-6-17(13-19)24-22(26)16(14-23)12-20-9-10-21(30-20)15-5-3-7-18(11-15)25(27)28/h3-13H,2H2,1H3,(H,24,26). The zero-order chi connectivity index (χ0) is 21.5. The van der Waals surface area contributed by atoms with Crippen LogP contribution in [0.2, 0.25) is 0 Å². The molecule has 1 heterocycles. The number of anilines is 1. The molecule has 0 saturated heterocycles. The van der Waals surface area contributed by atoms with E-state index in [4.69, 9.17) is 9.15 Å². The number of nitrogens with one attached hydrogen (secondary N) is 1. The maximum absolute atomic E-state index is 12.5. The topological polar surface area (TPSA) is 118 Å². The number of nitro benzene ring substituents is 1. The fourth-order valence-corrected chi connectivity index (χ4v) is 2.68. The fraction of sp³-hybridized carbons (Fsp3) is 0.0909. The van der Waals surface area contributed by atoms with E-state index in [1.165, 1.54) is 18.2 Å². The third kappa shape index (κ3) is 4.91. The van der Waals surface area contributed by atoms with Gasteiger partial charge in [-0.05, 0) is 31.2 Å². The van der Waals surface area contributed by atoms with Crippen LogP contribution in [0, 0.1) is 21.4 Å². The Morgan fingerprint density at radius 2 is 2.03 bits per heavy atom. The van der Waals surface area contributed by atoms with E-state index in [0.29, 0.717) is 29.4 Å². The van der Waals surface area contributed by atoms with Crippen LogP contribution < -0.4 is 10.1 Å². The molecule has 2 aromatic carbocycles. The summed E-state index contributed by atoms with van der Waals surface area (Å²) in [6, 6.07) is 17.9. The monoisotopic (exact) mass is 403 g/mol. The van der Waals surface area contributed by atoms with Gasteiger partial charge < -0.3 is 14.5 Å². The van der Waals surface area contributed by atoms with Crippen molar-refractivity contribution in [3.8, 4) is 23.1 Å². The van der Waals surface area contributed by atoms with Gasteiger partial charge in [-0.2, -0.15) is 5.26 Å². The van der Waals surface area contributed by atoms with Crippen molar-refractivity contribution in [3.63, 3.8) is 0 Å². The van der Waals surface area contributed by atoms with Gasteiger partial charge in [0.15, 0.2) is 0 Å². The molecule has 1 N–H and O–H groups in total. The average Bonchev–Trinajstić information content (AvgIpc) is 3.21. The second-order valence-corrected chi connectivity index (χ2v) is 6.09. The van der Waals surface area contributed by atoms with E-state index >= 15 is 0 Å². The molecule has 8 heteroatoms. The zero-order valence-electron chi connectivity index (χ0n) is 16.0. The number of ether oxygens (including phenoxy) is 1. The predicted molar refractivity (Wildman–Crippen MR) is 111 cm³/mol. The molecule has 1 aromatic heterocycles. The number of rotatable bonds is 7. The Morgan fingerprint density at radius 3 is 2.77 bits per heavy atom. The zero-order valence-corrected chi connectivity index (χ0v) is 16.0. The van der Waals surface area contributed by atoms with Crippen molar-refractivity contribution in [2.45, 2.75) is 6.92 Å². The summed E-state index contributed by atoms with van der Waals surface area (Å²) in [6.07, 6.45) is 1.31. The lowest BCUT2D eigenvalue weighted by molar-refractivity contribution is -0.384. The highest BCUT2D eigenvalue weighted by atomic mass is 16.6. The van der Waals surface area contributed by atoms with E-state index in [1.807, 2.05) is 13.0 Å². The molecule has 0 fully saturated rings. The van der Waals surface area contributed by atoms with E-state index in [-0.39, 0.29) is 17.0 Å². The van der Waals surface area contributed by atoms with Crippen molar-refractivity contribution in [2.75, 3.05) is 11.9 Å². The Bertz CT molecular complexity index is 1160. The molecule has 0 aliphatic heterocycles. The normalized spacial score (nSPS) is 10.9. The molecule has 0 unspecified atom stereocenters. The number of hydrogen-bond donors (Lipinski definition) is 1. The third-order valence-corrected chi connectivity index (χ3v) is 4.02. The Hall–Kier alpha value is -4.38. The summed E-state index contributed by atoms with van der Waals surface area (Å²) < 4.78 is 11.0. The molecule has 8 nitrogen and oxygen atoms in total. The van der Waals surface area contributed by atoms with Crippen molar-refractivity contribution in [2.24, 2.45) is 0 Å². The molecular weight excluding hydrogens is 386 g/mol. The number of nitrogens with zero attached hydrogens (tertiary/aromatic N) is 2. The number of carbonyl (C=O) groups is 1. The summed E-state index contributed by atoms with van der Waals surface area (Å²) in [5, 5.41) is 23.0. The molecular formula is C22H17N3O5. The molecule has 30 heavy (non-hydrogen) atoms. The maximum Gasteiger partial charge on any atom is 0.270 e. The van der Waals surface area contributed by atoms with E-state index in [1.54, 1.807) is 48.5 Å². The predicted octanol–water partition coefficient (Wildman–Crippen LogP) is 4.80. The molecule has 3 rings (SSSR count). The van der Waals surface area contributed by atoms with Gasteiger partial charge in [-0.25, -0.2) is 0 Å². The number of amides is 1. The Morgan fingerprint density at radius 1 is 1.23 bits per heavy atom. The highest BCUT2D eigenvalue weighted by Gasteiger charge is 2.13. The maximum atomic E-state index is 12.5. The van der Waals surface area contributed by atoms with E-state index in [0.717, 1.165) is 0 Å². The van der Waals surface area contributed by atoms with Gasteiger partial charge in [0.2, 0.25) is 0 Å². The second kappa shape index (κ2) is 9.21. The van der Waals surface area contributed by atoms with Crippen molar-refractivity contribution >= 4 is 23.4 Å². The molecule has 0 atom stereocenters. The smallest absolute Gasteiger partial charge is 0.270 e. The minimum absolute atomic E-state index is 0.0626. The van der Waals surface area contributed by atoms with Crippen LogP contribution in [0.25, 0.3) is 17.4 Å². The molecule has 0 saturated carbocycles. The largest absolute Gasteiger partial charge is 0.494 e. The van der Waals surface area contributed by atoms with Gasteiger partial charge in [-0.1, -0.05) is 18.2 Å². The van der Waals surface area contributed by atoms with Gasteiger partial charge in [0.1, 0.15) is 28.9 Å². The van der Waals surface area contributed by atoms with E-state index < -0.39 is 10.8 Å². The van der Waals surface area contributed by atoms with Gasteiger partial charge in [-0.3, -0.25) is 14.9 Å². The lowest BCUT2D eigenvalue weighted by Gasteiger charge is -2.07. The SMILES string of the molecule is CCOc1cccc(NC(=O)C(C#N)=Cc2ccc(-c3cccc([N+](=O)[O-])c3)o2)c1. The van der Waals surface area contributed by atoms with Crippen LogP contribution in [-0.4, -0.2) is 17.4 Å². The molecule has 3 aromatic rings. The molecule has 150 valence electrons. The first-order valence-electron chi connectivity index (χ1n) is 9.01. The Kier molecular flexibility index (Phi) is 6.25. The first kappa shape index (κ1) is 20.4. The molecule has 0 radical (unpaired) electrons. The van der Waals surface area contributed by atoms with Crippen molar-refractivity contribution in [3.05, 3.63) is 82.1 Å². The Balaban J connectivity index is 1.79. The first-order valence-corrected chi connectivity index (χ1v) is 9.01. The summed E-state index contributed by atoms with van der Waals surface area (Å²) in [7, 11) is 0. The van der Waals surface area contributed by atoms with Crippen molar-refractivity contribution in [1.82, 2.24) is 0 Å². The minimum Gasteiger partial charge on any atom is -0.494 e. The minimum atomic E-state index is -0.598. The molecule has 0 aliphatic rings. The summed E-state index contributed by atoms with van der Waals surface area (Å²) >= 11 is 0. The van der Waals surface area contributed by atoms with Gasteiger partial charge in [0, 0.05) is 35.5 Å². The van der Waals surface area contributed by atoms with Gasteiger partial charge in [0.05, 0.1) is 11.5 Å². The number of nitriles is 1. The van der Waals surface area contributed by atoms with Crippen LogP contribution >= 0.6 is 0 Å². The molecule has 0 bridgehead atoms. The van der Waals surface area contributed by atoms with Crippen LogP contribution in [0.5, 0.6) is 5.75 Å². The van der Waals surface area contributed by atoms with Crippen LogP contribution in [0.3, 0.4) is 0 Å². The quantitative estimate of drug-likeness (QED) is 0.262. The summed E-state index contributed by atoms with van der Waals surface area (Å²) in [6.45, 7) is 2.35. The summed E-state index contributed by atoms with van der Waals surface area (Å²) in [4.78, 5) is 22.9. The highest BCUT2D eigenvalue weighted by Crippen LogP contribution is 2.26. The van der Waals surface area contributed by atoms with Crippen LogP contribution in [-0.2, 0) is 4.79 Å². The van der Waals surface area contributed by atoms with Crippen molar-refractivity contribution < 1.29 is 18.9 Å². The Labute approximate surface area is 172 Å². The molecule has 0 spiro atoms. The van der Waals surface area contributed by atoms with Crippen LogP contribution in [0.1, 0.15) is 12.7 Å². The lowest BCUT2D eigenvalue weighted by Crippen LogP contribution is -2.13. The van der Waals surface area contributed by atoms with Crippen LogP contribution in [0.15, 0.2) is 70.7 Å². The number of carbonyl (C=O) groups excluding carboxylic acids is 1. The summed E-state index contributed by atoms with van der Waals surface area (Å²) in [5.74, 6) is 0.656. The number of nitro groups is 1. The van der Waals surface area contributed by atoms with Gasteiger partial charge >= 0.3 is 0 Å². The number of non-ortho nitro benzene ring substituents is 1. The number of hydrogen-bond acceptors (Lipinski definition) is 6. The van der Waals surface area contributed by atoms with E-state index in [9.17, 15) is 20.2 Å². The van der Waals surface area contributed by atoms with Gasteiger partial charge in [0.25, 0.3) is 11.6 Å². The number of benzene rings is 2. The number of furan rings is 1. The molecule has 1 amide bonds. The van der Waals surface area contributed by atoms with Crippen LogP contribution in [0.4, 0.5) is 11.4 Å². The van der Waals surface area contributed by atoms with Gasteiger partial charge in [-0.15, -0.1) is 0 Å². The fourth-order valence-electron chi connectivity index (χ4n) is 2.68. The first-order chi connectivity index (χ1) is 14.5. The van der Waals surface area contributed by atoms with Crippen molar-refractivity contribution in [1.29, 1.82) is 5.26 Å². The highest BCUT2D eigenvalue weighted by molar-refractivity contribution is 6.09. The molecule has 0 aliphatic carbocycles. The summed E-state index contributed by atoms with van der Waals surface area (Å²) in [5.41, 5.74) is 0.785. The third-order valence-electron chi connectivity index (χ3n) is 4.02. The van der Waals surface area contributed by atoms with E-state index in [2.05, 4.69) is 5.32 Å². The average molecular weight is 403 g/mol. The lowest BCUT2D eigenvalue weighted by atomic mass is 10.1. The second-order valence-electron chi connectivity index (χ2n) is 6.09.